The molecule has 0 aliphatic carbocycles. The van der Waals surface area contributed by atoms with E-state index in [0.29, 0.717) is 17.0 Å². The first-order chi connectivity index (χ1) is 14.2. The van der Waals surface area contributed by atoms with Crippen LogP contribution in [0.4, 0.5) is 0 Å². The first-order valence-electron chi connectivity index (χ1n) is 9.03. The number of hydrogen-bond acceptors (Lipinski definition) is 7. The molecule has 1 amide bonds. The Kier molecular flexibility index (Phi) is 5.55. The molecule has 4 heterocycles. The third-order valence-corrected chi connectivity index (χ3v) is 5.52. The molecule has 0 radical (unpaired) electrons. The van der Waals surface area contributed by atoms with Crippen molar-refractivity contribution in [3.05, 3.63) is 82.1 Å². The number of morpholine rings is 1. The van der Waals surface area contributed by atoms with Crippen molar-refractivity contribution in [1.82, 2.24) is 14.9 Å². The fourth-order valence-electron chi connectivity index (χ4n) is 3.21. The van der Waals surface area contributed by atoms with E-state index < -0.39 is 6.04 Å². The maximum Gasteiger partial charge on any atom is 0.254 e. The average molecular weight is 407 g/mol. The van der Waals surface area contributed by atoms with E-state index in [4.69, 9.17) is 4.74 Å². The van der Waals surface area contributed by atoms with E-state index in [1.54, 1.807) is 41.8 Å². The molecular weight excluding hydrogens is 390 g/mol. The maximum atomic E-state index is 13.4. The Balaban J connectivity index is 1.66. The number of ether oxygens (including phenoxy) is 1. The Hall–Kier alpha value is -3.23. The van der Waals surface area contributed by atoms with Gasteiger partial charge in [-0.1, -0.05) is 6.07 Å². The van der Waals surface area contributed by atoms with Crippen LogP contribution >= 0.6 is 11.3 Å². The van der Waals surface area contributed by atoms with Gasteiger partial charge in [-0.2, -0.15) is 0 Å². The van der Waals surface area contributed by atoms with Gasteiger partial charge in [0.2, 0.25) is 5.78 Å². The highest BCUT2D eigenvalue weighted by Gasteiger charge is 2.35. The SMILES string of the molecule is O=C(c1cccs1)c1ncccc1C(=O)C1COCCN1C(=O)c1ccncc1. The zero-order valence-corrected chi connectivity index (χ0v) is 16.2. The molecule has 0 N–H and O–H groups in total. The molecule has 1 atom stereocenters. The summed E-state index contributed by atoms with van der Waals surface area (Å²) in [6.45, 7) is 0.692. The van der Waals surface area contributed by atoms with E-state index in [0.717, 1.165) is 0 Å². The predicted molar refractivity (Wildman–Crippen MR) is 106 cm³/mol. The number of thiophene rings is 1. The number of hydrogen-bond donors (Lipinski definition) is 0. The minimum absolute atomic E-state index is 0.0667. The fourth-order valence-corrected chi connectivity index (χ4v) is 3.88. The van der Waals surface area contributed by atoms with Gasteiger partial charge in [0.25, 0.3) is 5.91 Å². The smallest absolute Gasteiger partial charge is 0.254 e. The second-order valence-corrected chi connectivity index (χ2v) is 7.34. The molecule has 3 aromatic heterocycles. The molecule has 1 aliphatic rings. The molecular formula is C21H17N3O4S. The number of carbonyl (C=O) groups is 3. The topological polar surface area (TPSA) is 89.5 Å². The Labute approximate surface area is 171 Å². The second-order valence-electron chi connectivity index (χ2n) is 6.40. The number of Topliss-reactive ketones (excluding diaryl/α,β-unsaturated/α-hetero) is 1. The third kappa shape index (κ3) is 3.85. The molecule has 0 aromatic carbocycles. The van der Waals surface area contributed by atoms with Crippen LogP contribution in [-0.2, 0) is 4.74 Å². The highest BCUT2D eigenvalue weighted by atomic mass is 32.1. The number of pyridine rings is 2. The van der Waals surface area contributed by atoms with Crippen LogP contribution in [0.1, 0.15) is 36.1 Å². The summed E-state index contributed by atoms with van der Waals surface area (Å²) in [5, 5.41) is 1.79. The Morgan fingerprint density at radius 1 is 1.07 bits per heavy atom. The van der Waals surface area contributed by atoms with E-state index in [1.807, 2.05) is 0 Å². The molecule has 29 heavy (non-hydrogen) atoms. The lowest BCUT2D eigenvalue weighted by Crippen LogP contribution is -2.52. The normalized spacial score (nSPS) is 16.4. The summed E-state index contributed by atoms with van der Waals surface area (Å²) in [7, 11) is 0. The van der Waals surface area contributed by atoms with Crippen LogP contribution in [0.2, 0.25) is 0 Å². The molecule has 0 spiro atoms. The third-order valence-electron chi connectivity index (χ3n) is 4.65. The lowest BCUT2D eigenvalue weighted by molar-refractivity contribution is 0.00202. The molecule has 0 saturated carbocycles. The van der Waals surface area contributed by atoms with Crippen LogP contribution < -0.4 is 0 Å². The van der Waals surface area contributed by atoms with Crippen molar-refractivity contribution in [2.75, 3.05) is 19.8 Å². The van der Waals surface area contributed by atoms with Crippen LogP contribution in [0.25, 0.3) is 0 Å². The average Bonchev–Trinajstić information content (AvgIpc) is 3.33. The minimum Gasteiger partial charge on any atom is -0.377 e. The predicted octanol–water partition coefficient (Wildman–Crippen LogP) is 2.49. The fraction of sp³-hybridized carbons (Fsp3) is 0.190. The minimum atomic E-state index is -0.830. The number of rotatable bonds is 5. The van der Waals surface area contributed by atoms with Crippen LogP contribution in [0.15, 0.2) is 60.4 Å². The summed E-state index contributed by atoms with van der Waals surface area (Å²) in [5.74, 6) is -0.947. The van der Waals surface area contributed by atoms with Crippen molar-refractivity contribution in [1.29, 1.82) is 0 Å². The van der Waals surface area contributed by atoms with Crippen LogP contribution in [0.3, 0.4) is 0 Å². The van der Waals surface area contributed by atoms with Gasteiger partial charge in [0.15, 0.2) is 5.78 Å². The van der Waals surface area contributed by atoms with Crippen molar-refractivity contribution in [2.45, 2.75) is 6.04 Å². The number of ketones is 2. The second kappa shape index (κ2) is 8.42. The lowest BCUT2D eigenvalue weighted by Gasteiger charge is -2.34. The van der Waals surface area contributed by atoms with E-state index in [9.17, 15) is 14.4 Å². The van der Waals surface area contributed by atoms with Gasteiger partial charge in [0, 0.05) is 36.3 Å². The largest absolute Gasteiger partial charge is 0.377 e. The summed E-state index contributed by atoms with van der Waals surface area (Å²) >= 11 is 1.29. The van der Waals surface area contributed by atoms with E-state index in [1.165, 1.54) is 34.8 Å². The van der Waals surface area contributed by atoms with E-state index in [2.05, 4.69) is 9.97 Å². The number of amides is 1. The van der Waals surface area contributed by atoms with Gasteiger partial charge in [-0.3, -0.25) is 24.4 Å². The highest BCUT2D eigenvalue weighted by molar-refractivity contribution is 7.12. The zero-order valence-electron chi connectivity index (χ0n) is 15.4. The van der Waals surface area contributed by atoms with Crippen molar-refractivity contribution >= 4 is 28.8 Å². The quantitative estimate of drug-likeness (QED) is 0.604. The van der Waals surface area contributed by atoms with Crippen LogP contribution in [0.5, 0.6) is 0 Å². The maximum absolute atomic E-state index is 13.4. The summed E-state index contributed by atoms with van der Waals surface area (Å²) in [5.41, 5.74) is 0.719. The Bertz CT molecular complexity index is 1040. The monoisotopic (exact) mass is 407 g/mol. The summed E-state index contributed by atoms with van der Waals surface area (Å²) in [6.07, 6.45) is 4.54. The van der Waals surface area contributed by atoms with Crippen molar-refractivity contribution in [3.63, 3.8) is 0 Å². The molecule has 7 nitrogen and oxygen atoms in total. The molecule has 8 heteroatoms. The Morgan fingerprint density at radius 3 is 2.66 bits per heavy atom. The molecule has 3 aromatic rings. The van der Waals surface area contributed by atoms with Gasteiger partial charge in [-0.05, 0) is 35.7 Å². The van der Waals surface area contributed by atoms with Gasteiger partial charge >= 0.3 is 0 Å². The first kappa shape index (κ1) is 19.1. The van der Waals surface area contributed by atoms with Gasteiger partial charge in [-0.15, -0.1) is 11.3 Å². The number of carbonyl (C=O) groups excluding carboxylic acids is 3. The van der Waals surface area contributed by atoms with Gasteiger partial charge in [-0.25, -0.2) is 0 Å². The Morgan fingerprint density at radius 2 is 1.90 bits per heavy atom. The van der Waals surface area contributed by atoms with Gasteiger partial charge in [0.1, 0.15) is 11.7 Å². The molecule has 1 saturated heterocycles. The summed E-state index contributed by atoms with van der Waals surface area (Å²) < 4.78 is 5.48. The van der Waals surface area contributed by atoms with Crippen molar-refractivity contribution in [2.24, 2.45) is 0 Å². The van der Waals surface area contributed by atoms with Crippen LogP contribution in [-0.4, -0.2) is 58.1 Å². The molecule has 0 bridgehead atoms. The molecule has 1 fully saturated rings. The van der Waals surface area contributed by atoms with Crippen molar-refractivity contribution < 1.29 is 19.1 Å². The van der Waals surface area contributed by atoms with Crippen molar-refractivity contribution in [3.8, 4) is 0 Å². The van der Waals surface area contributed by atoms with Gasteiger partial charge in [0.05, 0.1) is 18.1 Å². The molecule has 4 rings (SSSR count). The number of aromatic nitrogens is 2. The standard InChI is InChI=1S/C21H17N3O4S/c25-19(15-3-1-7-23-18(15)20(26)17-4-2-12-29-17)16-13-28-11-10-24(16)21(27)14-5-8-22-9-6-14/h1-9,12,16H,10-11,13H2. The van der Waals surface area contributed by atoms with E-state index in [-0.39, 0.29) is 41.9 Å². The summed E-state index contributed by atoms with van der Waals surface area (Å²) in [6, 6.07) is 9.02. The highest BCUT2D eigenvalue weighted by Crippen LogP contribution is 2.21. The molecule has 1 unspecified atom stereocenters. The van der Waals surface area contributed by atoms with Gasteiger partial charge < -0.3 is 9.64 Å². The van der Waals surface area contributed by atoms with Crippen LogP contribution in [0, 0.1) is 0 Å². The zero-order chi connectivity index (χ0) is 20.2. The molecule has 146 valence electrons. The van der Waals surface area contributed by atoms with E-state index >= 15 is 0 Å². The lowest BCUT2D eigenvalue weighted by atomic mass is 9.98. The molecule has 1 aliphatic heterocycles. The first-order valence-corrected chi connectivity index (χ1v) is 9.91. The number of nitrogens with zero attached hydrogens (tertiary/aromatic N) is 3. The summed E-state index contributed by atoms with van der Waals surface area (Å²) in [4.78, 5) is 49.2.